The first kappa shape index (κ1) is 7.76. The minimum Gasteiger partial charge on any atom is -0.479 e. The number of halogens is 1. The van der Waals surface area contributed by atoms with Gasteiger partial charge in [-0.3, -0.25) is 4.99 Å². The molecule has 0 amide bonds. The van der Waals surface area contributed by atoms with Crippen molar-refractivity contribution in [3.8, 4) is 0 Å². The van der Waals surface area contributed by atoms with Crippen molar-refractivity contribution in [1.29, 1.82) is 0 Å². The highest BCUT2D eigenvalue weighted by Crippen LogP contribution is 1.95. The van der Waals surface area contributed by atoms with Gasteiger partial charge in [-0.1, -0.05) is 6.92 Å². The van der Waals surface area contributed by atoms with Crippen LogP contribution in [0.15, 0.2) is 4.99 Å². The maximum atomic E-state index is 5.05. The first-order valence-corrected chi connectivity index (χ1v) is 2.59. The third-order valence-corrected chi connectivity index (χ3v) is 0.951. The molecule has 0 atom stereocenters. The van der Waals surface area contributed by atoms with Gasteiger partial charge in [0.25, 0.3) is 0 Å². The van der Waals surface area contributed by atoms with Crippen molar-refractivity contribution in [3.63, 3.8) is 0 Å². The largest absolute Gasteiger partial charge is 0.479 e. The summed E-state index contributed by atoms with van der Waals surface area (Å²) < 4.78 is 5.05. The number of hydrogen-bond acceptors (Lipinski definition) is 2. The standard InChI is InChI=1S/C5H9NO.ClH/c1-2-5-6-3-4-7-5;/h2-4H2,1H3;1H. The van der Waals surface area contributed by atoms with Crippen LogP contribution >= 0.6 is 12.4 Å². The van der Waals surface area contributed by atoms with Gasteiger partial charge in [0.05, 0.1) is 6.54 Å². The van der Waals surface area contributed by atoms with E-state index in [1.54, 1.807) is 0 Å². The van der Waals surface area contributed by atoms with Gasteiger partial charge in [-0.05, 0) is 0 Å². The van der Waals surface area contributed by atoms with Crippen LogP contribution in [0.2, 0.25) is 0 Å². The van der Waals surface area contributed by atoms with Gasteiger partial charge < -0.3 is 4.74 Å². The molecular weight excluding hydrogens is 126 g/mol. The van der Waals surface area contributed by atoms with E-state index in [9.17, 15) is 0 Å². The predicted octanol–water partition coefficient (Wildman–Crippen LogP) is 1.25. The van der Waals surface area contributed by atoms with Gasteiger partial charge in [0.2, 0.25) is 0 Å². The lowest BCUT2D eigenvalue weighted by Crippen LogP contribution is -1.94. The lowest BCUT2D eigenvalue weighted by atomic mass is 10.5. The van der Waals surface area contributed by atoms with Gasteiger partial charge in [0.1, 0.15) is 6.61 Å². The molecule has 0 fully saturated rings. The zero-order chi connectivity index (χ0) is 5.11. The van der Waals surface area contributed by atoms with E-state index in [2.05, 4.69) is 4.99 Å². The van der Waals surface area contributed by atoms with Gasteiger partial charge in [-0.15, -0.1) is 12.4 Å². The van der Waals surface area contributed by atoms with Crippen LogP contribution in [-0.2, 0) is 4.74 Å². The van der Waals surface area contributed by atoms with E-state index in [0.717, 1.165) is 25.5 Å². The number of nitrogens with zero attached hydrogens (tertiary/aromatic N) is 1. The Morgan fingerprint density at radius 2 is 2.50 bits per heavy atom. The molecule has 2 nitrogen and oxygen atoms in total. The van der Waals surface area contributed by atoms with E-state index >= 15 is 0 Å². The molecule has 0 saturated heterocycles. The van der Waals surface area contributed by atoms with Crippen molar-refractivity contribution in [2.75, 3.05) is 13.2 Å². The Morgan fingerprint density at radius 1 is 1.75 bits per heavy atom. The number of hydrogen-bond donors (Lipinski definition) is 0. The van der Waals surface area contributed by atoms with E-state index in [-0.39, 0.29) is 12.4 Å². The van der Waals surface area contributed by atoms with Crippen LogP contribution < -0.4 is 0 Å². The Hall–Kier alpha value is -0.240. The maximum absolute atomic E-state index is 5.05. The number of aliphatic imine (C=N–C) groups is 1. The Balaban J connectivity index is 0.000000490. The molecule has 0 bridgehead atoms. The van der Waals surface area contributed by atoms with E-state index < -0.39 is 0 Å². The first-order chi connectivity index (χ1) is 3.43. The Morgan fingerprint density at radius 3 is 2.75 bits per heavy atom. The molecule has 0 aromatic rings. The lowest BCUT2D eigenvalue weighted by molar-refractivity contribution is 0.340. The highest BCUT2D eigenvalue weighted by atomic mass is 35.5. The van der Waals surface area contributed by atoms with Crippen LogP contribution in [0.25, 0.3) is 0 Å². The molecule has 0 aromatic carbocycles. The average Bonchev–Trinajstić information content (AvgIpc) is 2.14. The van der Waals surface area contributed by atoms with E-state index in [1.807, 2.05) is 6.92 Å². The molecule has 1 rings (SSSR count). The number of rotatable bonds is 1. The number of ether oxygens (including phenoxy) is 1. The molecule has 0 N–H and O–H groups in total. The topological polar surface area (TPSA) is 21.6 Å². The second kappa shape index (κ2) is 3.72. The molecule has 48 valence electrons. The highest BCUT2D eigenvalue weighted by Gasteiger charge is 2.01. The smallest absolute Gasteiger partial charge is 0.183 e. The van der Waals surface area contributed by atoms with Crippen molar-refractivity contribution in [1.82, 2.24) is 0 Å². The van der Waals surface area contributed by atoms with Gasteiger partial charge in [-0.2, -0.15) is 0 Å². The second-order valence-electron chi connectivity index (χ2n) is 1.48. The molecule has 0 spiro atoms. The van der Waals surface area contributed by atoms with Gasteiger partial charge in [0, 0.05) is 6.42 Å². The summed E-state index contributed by atoms with van der Waals surface area (Å²) in [7, 11) is 0. The zero-order valence-corrected chi connectivity index (χ0v) is 5.70. The summed E-state index contributed by atoms with van der Waals surface area (Å²) >= 11 is 0. The van der Waals surface area contributed by atoms with Crippen LogP contribution in [0.3, 0.4) is 0 Å². The minimum absolute atomic E-state index is 0. The molecule has 1 aliphatic rings. The summed E-state index contributed by atoms with van der Waals surface area (Å²) in [6.07, 6.45) is 0.944. The maximum Gasteiger partial charge on any atom is 0.183 e. The monoisotopic (exact) mass is 135 g/mol. The van der Waals surface area contributed by atoms with E-state index in [1.165, 1.54) is 0 Å². The molecule has 1 heterocycles. The molecule has 0 unspecified atom stereocenters. The molecule has 0 aliphatic carbocycles. The van der Waals surface area contributed by atoms with Crippen LogP contribution in [0.4, 0.5) is 0 Å². The fourth-order valence-corrected chi connectivity index (χ4v) is 0.593. The van der Waals surface area contributed by atoms with Gasteiger partial charge in [-0.25, -0.2) is 0 Å². The normalized spacial score (nSPS) is 16.4. The Bertz CT molecular complexity index is 92.4. The Labute approximate surface area is 55.4 Å². The highest BCUT2D eigenvalue weighted by molar-refractivity contribution is 5.85. The third-order valence-electron chi connectivity index (χ3n) is 0.951. The quantitative estimate of drug-likeness (QED) is 0.530. The summed E-state index contributed by atoms with van der Waals surface area (Å²) in [6.45, 7) is 3.70. The minimum atomic E-state index is 0. The molecule has 1 aliphatic heterocycles. The van der Waals surface area contributed by atoms with Crippen molar-refractivity contribution < 1.29 is 4.74 Å². The van der Waals surface area contributed by atoms with Crippen molar-refractivity contribution >= 4 is 18.3 Å². The Kier molecular flexibility index (Phi) is 3.61. The zero-order valence-electron chi connectivity index (χ0n) is 4.89. The summed E-state index contributed by atoms with van der Waals surface area (Å²) in [5.41, 5.74) is 0. The second-order valence-corrected chi connectivity index (χ2v) is 1.48. The van der Waals surface area contributed by atoms with Crippen LogP contribution in [0.5, 0.6) is 0 Å². The van der Waals surface area contributed by atoms with Crippen LogP contribution in [-0.4, -0.2) is 19.0 Å². The summed E-state index contributed by atoms with van der Waals surface area (Å²) in [5, 5.41) is 0. The van der Waals surface area contributed by atoms with Crippen LogP contribution in [0.1, 0.15) is 13.3 Å². The molecule has 0 aromatic heterocycles. The molecule has 3 heteroatoms. The molecule has 8 heavy (non-hydrogen) atoms. The third kappa shape index (κ3) is 1.70. The first-order valence-electron chi connectivity index (χ1n) is 2.59. The molecule has 0 radical (unpaired) electrons. The van der Waals surface area contributed by atoms with Crippen molar-refractivity contribution in [2.24, 2.45) is 4.99 Å². The molecular formula is C5H10ClNO. The van der Waals surface area contributed by atoms with Gasteiger partial charge in [0.15, 0.2) is 5.90 Å². The summed E-state index contributed by atoms with van der Waals surface area (Å²) in [6, 6.07) is 0. The van der Waals surface area contributed by atoms with Crippen molar-refractivity contribution in [2.45, 2.75) is 13.3 Å². The lowest BCUT2D eigenvalue weighted by Gasteiger charge is -1.91. The SMILES string of the molecule is CCC1=NCCO1.Cl. The fourth-order valence-electron chi connectivity index (χ4n) is 0.593. The van der Waals surface area contributed by atoms with Crippen molar-refractivity contribution in [3.05, 3.63) is 0 Å². The van der Waals surface area contributed by atoms with E-state index in [4.69, 9.17) is 4.74 Å². The van der Waals surface area contributed by atoms with Gasteiger partial charge >= 0.3 is 0 Å². The van der Waals surface area contributed by atoms with Crippen LogP contribution in [0, 0.1) is 0 Å². The molecule has 0 saturated carbocycles. The summed E-state index contributed by atoms with van der Waals surface area (Å²) in [5.74, 6) is 0.917. The van der Waals surface area contributed by atoms with E-state index in [0.29, 0.717) is 0 Å². The summed E-state index contributed by atoms with van der Waals surface area (Å²) in [4.78, 5) is 4.05. The predicted molar refractivity (Wildman–Crippen MR) is 35.8 cm³/mol. The average molecular weight is 136 g/mol. The fraction of sp³-hybridized carbons (Fsp3) is 0.800.